The molecule has 3 rings (SSSR count). The molecule has 0 amide bonds. The molecule has 0 aliphatic rings. The first-order valence-corrected chi connectivity index (χ1v) is 5.65. The minimum absolute atomic E-state index is 0.725. The number of hydrogen-bond acceptors (Lipinski definition) is 0. The Kier molecular flexibility index (Phi) is 2.37. The van der Waals surface area contributed by atoms with Crippen molar-refractivity contribution in [2.75, 3.05) is 0 Å². The molecular weight excluding hydrogens is 237 g/mol. The normalized spacial score (nSPS) is 12.5. The number of rotatable bonds is 1. The third-order valence-corrected chi connectivity index (χ3v) is 2.94. The molecule has 1 heterocycles. The van der Waals surface area contributed by atoms with Gasteiger partial charge in [0, 0.05) is 10.8 Å². The lowest BCUT2D eigenvalue weighted by Gasteiger charge is -1.98. The molecule has 1 aromatic heterocycles. The average Bonchev–Trinajstić information content (AvgIpc) is 2.65. The van der Waals surface area contributed by atoms with Crippen molar-refractivity contribution in [1.82, 2.24) is 4.57 Å². The zero-order valence-electron chi connectivity index (χ0n) is 8.90. The number of halogens is 2. The maximum absolute atomic E-state index is 12.9. The molecular formula is C14H9ClFN. The van der Waals surface area contributed by atoms with Gasteiger partial charge in [-0.3, -0.25) is 0 Å². The van der Waals surface area contributed by atoms with E-state index in [2.05, 4.69) is 0 Å². The van der Waals surface area contributed by atoms with Crippen molar-refractivity contribution in [1.29, 1.82) is 0 Å². The van der Waals surface area contributed by atoms with Crippen molar-refractivity contribution in [2.24, 2.45) is 0 Å². The molecule has 0 N–H and O–H groups in total. The number of aromatic nitrogens is 1. The predicted octanol–water partition coefficient (Wildman–Crippen LogP) is 4.76. The summed E-state index contributed by atoms with van der Waals surface area (Å²) >= 11 is 5.34. The van der Waals surface area contributed by atoms with Gasteiger partial charge in [-0.25, -0.2) is 0 Å². The summed E-state index contributed by atoms with van der Waals surface area (Å²) in [5.41, 5.74) is 1.90. The molecule has 0 spiro atoms. The summed E-state index contributed by atoms with van der Waals surface area (Å²) in [6, 6.07) is 15.7. The number of para-hydroxylation sites is 2. The molecule has 1 nitrogen and oxygen atoms in total. The summed E-state index contributed by atoms with van der Waals surface area (Å²) in [6.45, 7) is 0. The Morgan fingerprint density at radius 1 is 0.941 bits per heavy atom. The summed E-state index contributed by atoms with van der Waals surface area (Å²) < 4.78 is 14.7. The fourth-order valence-electron chi connectivity index (χ4n) is 2.19. The summed E-state index contributed by atoms with van der Waals surface area (Å²) in [7, 11) is 0. The van der Waals surface area contributed by atoms with Crippen LogP contribution in [0, 0.1) is 0 Å². The highest BCUT2D eigenvalue weighted by molar-refractivity contribution is 6.29. The molecule has 0 aliphatic heterocycles. The lowest BCUT2D eigenvalue weighted by Crippen LogP contribution is -1.85. The molecule has 0 saturated heterocycles. The second kappa shape index (κ2) is 3.90. The first kappa shape index (κ1) is 10.4. The van der Waals surface area contributed by atoms with E-state index in [9.17, 15) is 4.39 Å². The molecule has 0 fully saturated rings. The van der Waals surface area contributed by atoms with E-state index < -0.39 is 5.29 Å². The number of fused-ring (bicyclic) bond motifs is 3. The van der Waals surface area contributed by atoms with Crippen LogP contribution in [-0.2, 0) is 0 Å². The number of nitrogens with zero attached hydrogens (tertiary/aromatic N) is 1. The Morgan fingerprint density at radius 2 is 1.41 bits per heavy atom. The van der Waals surface area contributed by atoms with Gasteiger partial charge in [-0.15, -0.1) is 0 Å². The van der Waals surface area contributed by atoms with Gasteiger partial charge < -0.3 is 4.57 Å². The van der Waals surface area contributed by atoms with Crippen molar-refractivity contribution in [3.05, 3.63) is 53.8 Å². The minimum atomic E-state index is -0.725. The number of hydrogen-bond donors (Lipinski definition) is 0. The zero-order valence-corrected chi connectivity index (χ0v) is 9.66. The Hall–Kier alpha value is -1.80. The summed E-state index contributed by atoms with van der Waals surface area (Å²) in [4.78, 5) is 0. The van der Waals surface area contributed by atoms with Crippen LogP contribution in [0.4, 0.5) is 4.39 Å². The fraction of sp³-hybridized carbons (Fsp3) is 0. The highest BCUT2D eigenvalue weighted by Crippen LogP contribution is 2.29. The highest BCUT2D eigenvalue weighted by Gasteiger charge is 2.07. The van der Waals surface area contributed by atoms with Crippen LogP contribution in [0.5, 0.6) is 0 Å². The van der Waals surface area contributed by atoms with E-state index in [1.54, 1.807) is 4.57 Å². The average molecular weight is 246 g/mol. The predicted molar refractivity (Wildman–Crippen MR) is 70.7 cm³/mol. The first-order valence-electron chi connectivity index (χ1n) is 5.28. The molecule has 0 aliphatic carbocycles. The standard InChI is InChI=1S/C14H9ClFN/c15-14(16)9-17-12-7-3-1-5-10(12)11-6-2-4-8-13(11)17/h1-9H/b14-9+. The first-order chi connectivity index (χ1) is 8.27. The van der Waals surface area contributed by atoms with Gasteiger partial charge in [0.05, 0.1) is 17.2 Å². The van der Waals surface area contributed by atoms with Crippen LogP contribution < -0.4 is 0 Å². The monoisotopic (exact) mass is 245 g/mol. The van der Waals surface area contributed by atoms with Crippen LogP contribution >= 0.6 is 11.6 Å². The smallest absolute Gasteiger partial charge is 0.205 e. The summed E-state index contributed by atoms with van der Waals surface area (Å²) in [5.74, 6) is 0. The van der Waals surface area contributed by atoms with Crippen LogP contribution in [0.15, 0.2) is 53.8 Å². The third kappa shape index (κ3) is 1.61. The third-order valence-electron chi connectivity index (χ3n) is 2.84. The summed E-state index contributed by atoms with van der Waals surface area (Å²) in [6.07, 6.45) is 1.30. The van der Waals surface area contributed by atoms with Crippen molar-refractivity contribution in [3.8, 4) is 0 Å². The Morgan fingerprint density at radius 3 is 1.88 bits per heavy atom. The minimum Gasteiger partial charge on any atom is -0.312 e. The van der Waals surface area contributed by atoms with Gasteiger partial charge in [0.15, 0.2) is 0 Å². The Balaban J connectivity index is 2.55. The fourth-order valence-corrected chi connectivity index (χ4v) is 2.29. The zero-order chi connectivity index (χ0) is 11.8. The highest BCUT2D eigenvalue weighted by atomic mass is 35.5. The van der Waals surface area contributed by atoms with Crippen molar-refractivity contribution in [3.63, 3.8) is 0 Å². The van der Waals surface area contributed by atoms with Crippen molar-refractivity contribution in [2.45, 2.75) is 0 Å². The van der Waals surface area contributed by atoms with E-state index in [1.165, 1.54) is 6.20 Å². The molecule has 84 valence electrons. The largest absolute Gasteiger partial charge is 0.312 e. The second-order valence-corrected chi connectivity index (χ2v) is 4.18. The molecule has 3 heteroatoms. The van der Waals surface area contributed by atoms with Gasteiger partial charge in [0.25, 0.3) is 0 Å². The van der Waals surface area contributed by atoms with Crippen LogP contribution in [-0.4, -0.2) is 4.57 Å². The van der Waals surface area contributed by atoms with E-state index in [4.69, 9.17) is 11.6 Å². The van der Waals surface area contributed by atoms with E-state index >= 15 is 0 Å². The molecule has 2 aromatic carbocycles. The molecule has 0 bridgehead atoms. The van der Waals surface area contributed by atoms with Crippen LogP contribution in [0.1, 0.15) is 0 Å². The van der Waals surface area contributed by atoms with Crippen LogP contribution in [0.2, 0.25) is 0 Å². The Labute approximate surface area is 103 Å². The lowest BCUT2D eigenvalue weighted by atomic mass is 10.2. The molecule has 17 heavy (non-hydrogen) atoms. The quantitative estimate of drug-likeness (QED) is 0.583. The Bertz CT molecular complexity index is 670. The van der Waals surface area contributed by atoms with Gasteiger partial charge >= 0.3 is 0 Å². The van der Waals surface area contributed by atoms with Gasteiger partial charge in [-0.2, -0.15) is 4.39 Å². The topological polar surface area (TPSA) is 4.93 Å². The molecule has 0 unspecified atom stereocenters. The SMILES string of the molecule is F/C(Cl)=C/n1c2ccccc2c2ccccc21. The van der Waals surface area contributed by atoms with E-state index in [-0.39, 0.29) is 0 Å². The van der Waals surface area contributed by atoms with Crippen molar-refractivity contribution >= 4 is 39.6 Å². The van der Waals surface area contributed by atoms with Crippen LogP contribution in [0.3, 0.4) is 0 Å². The lowest BCUT2D eigenvalue weighted by molar-refractivity contribution is 0.698. The van der Waals surface area contributed by atoms with Crippen LogP contribution in [0.25, 0.3) is 28.0 Å². The van der Waals surface area contributed by atoms with Crippen molar-refractivity contribution < 1.29 is 4.39 Å². The van der Waals surface area contributed by atoms with E-state index in [1.807, 2.05) is 48.5 Å². The molecule has 0 saturated carbocycles. The van der Waals surface area contributed by atoms with Gasteiger partial charge in [0.1, 0.15) is 0 Å². The maximum Gasteiger partial charge on any atom is 0.205 e. The summed E-state index contributed by atoms with van der Waals surface area (Å²) in [5, 5.41) is 1.46. The maximum atomic E-state index is 12.9. The molecule has 0 radical (unpaired) electrons. The number of benzene rings is 2. The van der Waals surface area contributed by atoms with E-state index in [0.717, 1.165) is 21.8 Å². The molecule has 3 aromatic rings. The van der Waals surface area contributed by atoms with Gasteiger partial charge in [-0.1, -0.05) is 36.4 Å². The van der Waals surface area contributed by atoms with Gasteiger partial charge in [0.2, 0.25) is 5.29 Å². The van der Waals surface area contributed by atoms with Gasteiger partial charge in [-0.05, 0) is 23.7 Å². The van der Waals surface area contributed by atoms with E-state index in [0.29, 0.717) is 0 Å². The second-order valence-electron chi connectivity index (χ2n) is 3.82. The molecule has 0 atom stereocenters.